The van der Waals surface area contributed by atoms with Crippen molar-refractivity contribution in [3.63, 3.8) is 0 Å². The van der Waals surface area contributed by atoms with E-state index in [4.69, 9.17) is 21.1 Å². The summed E-state index contributed by atoms with van der Waals surface area (Å²) in [6.45, 7) is 2.02. The van der Waals surface area contributed by atoms with Gasteiger partial charge >= 0.3 is 5.97 Å². The van der Waals surface area contributed by atoms with E-state index in [2.05, 4.69) is 0 Å². The summed E-state index contributed by atoms with van der Waals surface area (Å²) in [4.78, 5) is 24.6. The summed E-state index contributed by atoms with van der Waals surface area (Å²) in [6.07, 6.45) is 0.104. The van der Waals surface area contributed by atoms with E-state index in [0.717, 1.165) is 0 Å². The SMILES string of the molecule is CCOC(=O)C1(Cc2cc(F)ccc2Cl)COCCC1=O. The number of carbonyl (C=O) groups excluding carboxylic acids is 2. The molecular weight excluding hydrogens is 299 g/mol. The number of benzene rings is 1. The third-order valence-corrected chi connectivity index (χ3v) is 3.89. The minimum absolute atomic E-state index is 0.0265. The minimum Gasteiger partial charge on any atom is -0.465 e. The first-order valence-electron chi connectivity index (χ1n) is 6.72. The molecule has 1 aliphatic rings. The smallest absolute Gasteiger partial charge is 0.322 e. The highest BCUT2D eigenvalue weighted by molar-refractivity contribution is 6.31. The van der Waals surface area contributed by atoms with Gasteiger partial charge in [-0.05, 0) is 37.1 Å². The van der Waals surface area contributed by atoms with Crippen LogP contribution in [0.1, 0.15) is 18.9 Å². The van der Waals surface area contributed by atoms with Crippen molar-refractivity contribution in [1.82, 2.24) is 0 Å². The molecule has 1 saturated heterocycles. The van der Waals surface area contributed by atoms with Crippen LogP contribution in [0.15, 0.2) is 18.2 Å². The van der Waals surface area contributed by atoms with Crippen molar-refractivity contribution >= 4 is 23.4 Å². The van der Waals surface area contributed by atoms with Crippen LogP contribution in [0.5, 0.6) is 0 Å². The molecule has 1 aliphatic heterocycles. The monoisotopic (exact) mass is 314 g/mol. The largest absolute Gasteiger partial charge is 0.465 e. The Morgan fingerprint density at radius 1 is 1.52 bits per heavy atom. The molecule has 0 aromatic heterocycles. The second kappa shape index (κ2) is 6.54. The minimum atomic E-state index is -1.44. The first-order chi connectivity index (χ1) is 9.99. The molecule has 1 aromatic carbocycles. The Hall–Kier alpha value is -1.46. The summed E-state index contributed by atoms with van der Waals surface area (Å²) in [5.74, 6) is -1.37. The summed E-state index contributed by atoms with van der Waals surface area (Å²) in [6, 6.07) is 3.85. The zero-order valence-electron chi connectivity index (χ0n) is 11.7. The topological polar surface area (TPSA) is 52.6 Å². The summed E-state index contributed by atoms with van der Waals surface area (Å²) in [7, 11) is 0. The summed E-state index contributed by atoms with van der Waals surface area (Å²) in [5.41, 5.74) is -1.05. The molecule has 1 aromatic rings. The number of halogens is 2. The standard InChI is InChI=1S/C15H16ClFO4/c1-2-21-14(19)15(9-20-6-5-13(15)18)8-10-7-11(17)3-4-12(10)16/h3-4,7H,2,5-6,8-9H2,1H3. The third-order valence-electron chi connectivity index (χ3n) is 3.52. The molecule has 0 aliphatic carbocycles. The van der Waals surface area contributed by atoms with Gasteiger partial charge in [-0.3, -0.25) is 9.59 Å². The highest BCUT2D eigenvalue weighted by Crippen LogP contribution is 2.34. The highest BCUT2D eigenvalue weighted by atomic mass is 35.5. The lowest BCUT2D eigenvalue weighted by Crippen LogP contribution is -2.49. The second-order valence-electron chi connectivity index (χ2n) is 4.94. The molecule has 6 heteroatoms. The molecule has 1 unspecified atom stereocenters. The van der Waals surface area contributed by atoms with Crippen molar-refractivity contribution in [2.45, 2.75) is 19.8 Å². The van der Waals surface area contributed by atoms with Crippen LogP contribution in [0, 0.1) is 11.2 Å². The van der Waals surface area contributed by atoms with E-state index in [9.17, 15) is 14.0 Å². The van der Waals surface area contributed by atoms with Crippen molar-refractivity contribution in [2.24, 2.45) is 5.41 Å². The van der Waals surface area contributed by atoms with Crippen molar-refractivity contribution < 1.29 is 23.5 Å². The van der Waals surface area contributed by atoms with E-state index in [1.54, 1.807) is 6.92 Å². The molecule has 0 N–H and O–H groups in total. The van der Waals surface area contributed by atoms with Gasteiger partial charge in [-0.1, -0.05) is 11.6 Å². The number of hydrogen-bond acceptors (Lipinski definition) is 4. The van der Waals surface area contributed by atoms with Crippen molar-refractivity contribution in [2.75, 3.05) is 19.8 Å². The molecular formula is C15H16ClFO4. The lowest BCUT2D eigenvalue weighted by molar-refractivity contribution is -0.169. The highest BCUT2D eigenvalue weighted by Gasteiger charge is 2.49. The first-order valence-corrected chi connectivity index (χ1v) is 7.09. The van der Waals surface area contributed by atoms with Crippen molar-refractivity contribution in [3.8, 4) is 0 Å². The Morgan fingerprint density at radius 2 is 2.29 bits per heavy atom. The first kappa shape index (κ1) is 15.9. The molecule has 0 radical (unpaired) electrons. The fourth-order valence-electron chi connectivity index (χ4n) is 2.40. The van der Waals surface area contributed by atoms with Gasteiger partial charge in [0.05, 0.1) is 19.8 Å². The third kappa shape index (κ3) is 3.24. The Labute approximate surface area is 127 Å². The molecule has 1 atom stereocenters. The van der Waals surface area contributed by atoms with E-state index >= 15 is 0 Å². The number of esters is 1. The second-order valence-corrected chi connectivity index (χ2v) is 5.35. The quantitative estimate of drug-likeness (QED) is 0.633. The maximum Gasteiger partial charge on any atom is 0.322 e. The van der Waals surface area contributed by atoms with Crippen LogP contribution in [0.3, 0.4) is 0 Å². The van der Waals surface area contributed by atoms with Crippen LogP contribution in [-0.4, -0.2) is 31.6 Å². The summed E-state index contributed by atoms with van der Waals surface area (Å²) >= 11 is 6.04. The molecule has 1 fully saturated rings. The molecule has 4 nitrogen and oxygen atoms in total. The van der Waals surface area contributed by atoms with Gasteiger partial charge in [0.15, 0.2) is 11.2 Å². The van der Waals surface area contributed by atoms with Gasteiger partial charge in [0.1, 0.15) is 5.82 Å². The molecule has 2 rings (SSSR count). The molecule has 0 amide bonds. The lowest BCUT2D eigenvalue weighted by Gasteiger charge is -2.33. The average molecular weight is 315 g/mol. The summed E-state index contributed by atoms with van der Waals surface area (Å²) < 4.78 is 23.7. The van der Waals surface area contributed by atoms with Gasteiger partial charge in [-0.2, -0.15) is 0 Å². The maximum absolute atomic E-state index is 13.4. The van der Waals surface area contributed by atoms with Crippen LogP contribution in [0.4, 0.5) is 4.39 Å². The van der Waals surface area contributed by atoms with Gasteiger partial charge in [0.2, 0.25) is 0 Å². The summed E-state index contributed by atoms with van der Waals surface area (Å²) in [5, 5.41) is 0.304. The lowest BCUT2D eigenvalue weighted by atomic mass is 9.76. The van der Waals surface area contributed by atoms with Crippen LogP contribution in [-0.2, 0) is 25.5 Å². The zero-order chi connectivity index (χ0) is 15.5. The van der Waals surface area contributed by atoms with E-state index in [-0.39, 0.29) is 38.4 Å². The fraction of sp³-hybridized carbons (Fsp3) is 0.467. The Kier molecular flexibility index (Phi) is 4.96. The number of hydrogen-bond donors (Lipinski definition) is 0. The van der Waals surface area contributed by atoms with Crippen LogP contribution in [0.25, 0.3) is 0 Å². The number of carbonyl (C=O) groups is 2. The van der Waals surface area contributed by atoms with Gasteiger partial charge in [0, 0.05) is 11.4 Å². The molecule has 1 heterocycles. The van der Waals surface area contributed by atoms with Crippen molar-refractivity contribution in [3.05, 3.63) is 34.6 Å². The Morgan fingerprint density at radius 3 is 2.95 bits per heavy atom. The van der Waals surface area contributed by atoms with E-state index in [1.807, 2.05) is 0 Å². The fourth-order valence-corrected chi connectivity index (χ4v) is 2.58. The van der Waals surface area contributed by atoms with Crippen molar-refractivity contribution in [1.29, 1.82) is 0 Å². The van der Waals surface area contributed by atoms with Crippen LogP contribution >= 0.6 is 11.6 Å². The van der Waals surface area contributed by atoms with Gasteiger partial charge in [-0.15, -0.1) is 0 Å². The van der Waals surface area contributed by atoms with Gasteiger partial charge in [0.25, 0.3) is 0 Å². The van der Waals surface area contributed by atoms with Crippen LogP contribution in [0.2, 0.25) is 5.02 Å². The number of ether oxygens (including phenoxy) is 2. The van der Waals surface area contributed by atoms with Gasteiger partial charge in [-0.25, -0.2) is 4.39 Å². The molecule has 0 bridgehead atoms. The zero-order valence-corrected chi connectivity index (χ0v) is 12.4. The van der Waals surface area contributed by atoms with E-state index in [0.29, 0.717) is 10.6 Å². The molecule has 0 saturated carbocycles. The van der Waals surface area contributed by atoms with Gasteiger partial charge < -0.3 is 9.47 Å². The van der Waals surface area contributed by atoms with Crippen LogP contribution < -0.4 is 0 Å². The number of ketones is 1. The maximum atomic E-state index is 13.4. The predicted octanol–water partition coefficient (Wildman–Crippen LogP) is 2.56. The molecule has 21 heavy (non-hydrogen) atoms. The van der Waals surface area contributed by atoms with E-state index < -0.39 is 17.2 Å². The van der Waals surface area contributed by atoms with E-state index in [1.165, 1.54) is 18.2 Å². The average Bonchev–Trinajstić information content (AvgIpc) is 2.45. The Bertz CT molecular complexity index is 561. The predicted molar refractivity (Wildman–Crippen MR) is 74.6 cm³/mol. The normalized spacial score (nSPS) is 22.1. The number of Topliss-reactive ketones (excluding diaryl/α,β-unsaturated/α-hetero) is 1. The Balaban J connectivity index is 2.38. The molecule has 114 valence electrons. The number of rotatable bonds is 4. The molecule has 0 spiro atoms.